The number of rotatable bonds is 3. The summed E-state index contributed by atoms with van der Waals surface area (Å²) >= 11 is 0. The molecule has 0 spiro atoms. The molecule has 2 N–H and O–H groups in total. The van der Waals surface area contributed by atoms with E-state index in [4.69, 9.17) is 5.73 Å². The molecule has 0 bridgehead atoms. The fraction of sp³-hybridized carbons (Fsp3) is 0.389. The van der Waals surface area contributed by atoms with Gasteiger partial charge in [-0.15, -0.1) is 0 Å². The Bertz CT molecular complexity index is 730. The third kappa shape index (κ3) is 4.43. The molecule has 1 aromatic heterocycles. The van der Waals surface area contributed by atoms with Gasteiger partial charge in [-0.3, -0.25) is 0 Å². The zero-order valence-electron chi connectivity index (χ0n) is 14.6. The molecule has 2 aromatic rings. The number of hydrogen-bond donors (Lipinski definition) is 1. The van der Waals surface area contributed by atoms with Crippen molar-refractivity contribution in [3.8, 4) is 0 Å². The molecule has 1 aliphatic heterocycles. The lowest BCUT2D eigenvalue weighted by molar-refractivity contribution is 0.380. The van der Waals surface area contributed by atoms with Gasteiger partial charge in [0.25, 0.3) is 0 Å². The molecule has 0 aliphatic carbocycles. The molecule has 0 unspecified atom stereocenters. The summed E-state index contributed by atoms with van der Waals surface area (Å²) < 4.78 is 13.0. The van der Waals surface area contributed by atoms with E-state index in [1.54, 1.807) is 0 Å². The highest BCUT2D eigenvalue weighted by Crippen LogP contribution is 2.16. The van der Waals surface area contributed by atoms with Gasteiger partial charge in [0, 0.05) is 37.6 Å². The normalized spacial score (nSPS) is 15.6. The van der Waals surface area contributed by atoms with E-state index < -0.39 is 0 Å². The summed E-state index contributed by atoms with van der Waals surface area (Å²) in [6.07, 6.45) is 0. The van der Waals surface area contributed by atoms with Gasteiger partial charge >= 0.3 is 0 Å². The van der Waals surface area contributed by atoms with Crippen LogP contribution in [0.25, 0.3) is 0 Å². The van der Waals surface area contributed by atoms with Crippen LogP contribution in [0.1, 0.15) is 17.2 Å². The molecular weight excluding hydrogens is 319 g/mol. The van der Waals surface area contributed by atoms with Crippen LogP contribution in [0.4, 0.5) is 10.1 Å². The van der Waals surface area contributed by atoms with E-state index in [1.807, 2.05) is 32.0 Å². The highest BCUT2D eigenvalue weighted by Gasteiger charge is 2.18. The monoisotopic (exact) mass is 342 g/mol. The molecule has 1 aromatic carbocycles. The molecule has 2 heterocycles. The molecule has 1 fully saturated rings. The first kappa shape index (κ1) is 17.1. The first-order valence-corrected chi connectivity index (χ1v) is 8.38. The maximum Gasteiger partial charge on any atom is 0.191 e. The van der Waals surface area contributed by atoms with Gasteiger partial charge in [-0.1, -0.05) is 0 Å². The van der Waals surface area contributed by atoms with Crippen LogP contribution in [-0.4, -0.2) is 47.0 Å². The second-order valence-corrected chi connectivity index (χ2v) is 6.17. The molecule has 0 amide bonds. The third-order valence-electron chi connectivity index (χ3n) is 4.22. The van der Waals surface area contributed by atoms with Gasteiger partial charge in [0.2, 0.25) is 0 Å². The van der Waals surface area contributed by atoms with E-state index in [0.717, 1.165) is 49.1 Å². The maximum atomic E-state index is 13.0. The minimum Gasteiger partial charge on any atom is -0.370 e. The molecule has 25 heavy (non-hydrogen) atoms. The van der Waals surface area contributed by atoms with E-state index >= 15 is 0 Å². The Morgan fingerprint density at radius 2 is 1.80 bits per heavy atom. The van der Waals surface area contributed by atoms with Gasteiger partial charge in [-0.2, -0.15) is 0 Å². The number of benzene rings is 1. The number of nitrogens with zero attached hydrogens (tertiary/aromatic N) is 5. The standard InChI is InChI=1S/C18H23FN6/c1-13-11-16(23-14(2)22-13)12-21-18(20)25-9-7-24(8-10-25)17-5-3-15(19)4-6-17/h3-6,11H,7-10,12H2,1-2H3,(H2,20,21). The Kier molecular flexibility index (Phi) is 5.11. The summed E-state index contributed by atoms with van der Waals surface area (Å²) in [7, 11) is 0. The highest BCUT2D eigenvalue weighted by molar-refractivity contribution is 5.78. The van der Waals surface area contributed by atoms with Crippen molar-refractivity contribution in [3.05, 3.63) is 53.4 Å². The number of hydrogen-bond acceptors (Lipinski definition) is 4. The minimum atomic E-state index is -0.214. The van der Waals surface area contributed by atoms with Crippen molar-refractivity contribution in [2.45, 2.75) is 20.4 Å². The second kappa shape index (κ2) is 7.46. The van der Waals surface area contributed by atoms with E-state index in [-0.39, 0.29) is 5.82 Å². The number of aromatic nitrogens is 2. The van der Waals surface area contributed by atoms with E-state index in [2.05, 4.69) is 24.8 Å². The predicted molar refractivity (Wildman–Crippen MR) is 97.0 cm³/mol. The molecule has 3 rings (SSSR count). The van der Waals surface area contributed by atoms with Crippen LogP contribution in [-0.2, 0) is 6.54 Å². The van der Waals surface area contributed by atoms with Crippen molar-refractivity contribution in [2.24, 2.45) is 10.7 Å². The van der Waals surface area contributed by atoms with Gasteiger partial charge < -0.3 is 15.5 Å². The van der Waals surface area contributed by atoms with E-state index in [9.17, 15) is 4.39 Å². The number of piperazine rings is 1. The molecule has 0 saturated carbocycles. The topological polar surface area (TPSA) is 70.6 Å². The lowest BCUT2D eigenvalue weighted by Crippen LogP contribution is -2.51. The Labute approximate surface area is 147 Å². The minimum absolute atomic E-state index is 0.214. The summed E-state index contributed by atoms with van der Waals surface area (Å²) in [5, 5.41) is 0. The van der Waals surface area contributed by atoms with Crippen LogP contribution < -0.4 is 10.6 Å². The number of guanidine groups is 1. The second-order valence-electron chi connectivity index (χ2n) is 6.17. The van der Waals surface area contributed by atoms with Crippen LogP contribution in [0.2, 0.25) is 0 Å². The quantitative estimate of drug-likeness (QED) is 0.681. The van der Waals surface area contributed by atoms with Gasteiger partial charge in [-0.05, 0) is 44.2 Å². The van der Waals surface area contributed by atoms with Crippen molar-refractivity contribution < 1.29 is 4.39 Å². The molecule has 1 aliphatic rings. The smallest absolute Gasteiger partial charge is 0.191 e. The van der Waals surface area contributed by atoms with Gasteiger partial charge in [0.05, 0.1) is 12.2 Å². The summed E-state index contributed by atoms with van der Waals surface area (Å²) in [6.45, 7) is 7.50. The number of halogens is 1. The molecular formula is C18H23FN6. The Morgan fingerprint density at radius 1 is 1.12 bits per heavy atom. The third-order valence-corrected chi connectivity index (χ3v) is 4.22. The fourth-order valence-electron chi connectivity index (χ4n) is 2.98. The van der Waals surface area contributed by atoms with Crippen molar-refractivity contribution in [2.75, 3.05) is 31.1 Å². The first-order chi connectivity index (χ1) is 12.0. The van der Waals surface area contributed by atoms with Crippen LogP contribution in [0, 0.1) is 19.7 Å². The van der Waals surface area contributed by atoms with Crippen molar-refractivity contribution in [1.29, 1.82) is 0 Å². The summed E-state index contributed by atoms with van der Waals surface area (Å²) in [4.78, 5) is 17.4. The average Bonchev–Trinajstić information content (AvgIpc) is 2.60. The largest absolute Gasteiger partial charge is 0.370 e. The van der Waals surface area contributed by atoms with Crippen molar-refractivity contribution >= 4 is 11.6 Å². The molecule has 0 atom stereocenters. The van der Waals surface area contributed by atoms with E-state index in [0.29, 0.717) is 12.5 Å². The Balaban J connectivity index is 1.57. The van der Waals surface area contributed by atoms with Crippen LogP contribution in [0.5, 0.6) is 0 Å². The van der Waals surface area contributed by atoms with Gasteiger partial charge in [-0.25, -0.2) is 19.4 Å². The number of aliphatic imine (C=N–C) groups is 1. The average molecular weight is 342 g/mol. The number of anilines is 1. The molecule has 1 saturated heterocycles. The summed E-state index contributed by atoms with van der Waals surface area (Å²) in [5.41, 5.74) is 8.98. The SMILES string of the molecule is Cc1cc(CN=C(N)N2CCN(c3ccc(F)cc3)CC2)nc(C)n1. The maximum absolute atomic E-state index is 13.0. The number of nitrogens with two attached hydrogens (primary N) is 1. The molecule has 6 nitrogen and oxygen atoms in total. The van der Waals surface area contributed by atoms with Crippen LogP contribution in [0.15, 0.2) is 35.3 Å². The van der Waals surface area contributed by atoms with Crippen molar-refractivity contribution in [3.63, 3.8) is 0 Å². The lowest BCUT2D eigenvalue weighted by atomic mass is 10.2. The highest BCUT2D eigenvalue weighted by atomic mass is 19.1. The van der Waals surface area contributed by atoms with Crippen molar-refractivity contribution in [1.82, 2.24) is 14.9 Å². The summed E-state index contributed by atoms with van der Waals surface area (Å²) in [6, 6.07) is 8.52. The van der Waals surface area contributed by atoms with Crippen LogP contribution in [0.3, 0.4) is 0 Å². The molecule has 7 heteroatoms. The number of aryl methyl sites for hydroxylation is 2. The van der Waals surface area contributed by atoms with E-state index in [1.165, 1.54) is 12.1 Å². The lowest BCUT2D eigenvalue weighted by Gasteiger charge is -2.36. The zero-order chi connectivity index (χ0) is 17.8. The molecule has 0 radical (unpaired) electrons. The van der Waals surface area contributed by atoms with Gasteiger partial charge in [0.1, 0.15) is 11.6 Å². The zero-order valence-corrected chi connectivity index (χ0v) is 14.6. The first-order valence-electron chi connectivity index (χ1n) is 8.38. The van der Waals surface area contributed by atoms with Gasteiger partial charge in [0.15, 0.2) is 5.96 Å². The summed E-state index contributed by atoms with van der Waals surface area (Å²) in [5.74, 6) is 1.07. The fourth-order valence-corrected chi connectivity index (χ4v) is 2.98. The Morgan fingerprint density at radius 3 is 2.44 bits per heavy atom. The van der Waals surface area contributed by atoms with Crippen LogP contribution >= 0.6 is 0 Å². The molecule has 132 valence electrons. The predicted octanol–water partition coefficient (Wildman–Crippen LogP) is 1.87. The Hall–Kier alpha value is -2.70.